The first-order valence-electron chi connectivity index (χ1n) is 27.4. The van der Waals surface area contributed by atoms with Gasteiger partial charge in [-0.05, 0) is 114 Å². The Hall–Kier alpha value is -7.59. The number of rotatable bonds is 39. The molecule has 0 radical (unpaired) electrons. The van der Waals surface area contributed by atoms with E-state index < -0.39 is 114 Å². The van der Waals surface area contributed by atoms with E-state index in [1.54, 1.807) is 27.0 Å². The van der Waals surface area contributed by atoms with Gasteiger partial charge in [-0.15, -0.1) is 0 Å². The van der Waals surface area contributed by atoms with E-state index >= 15 is 0 Å². The highest BCUT2D eigenvalue weighted by Gasteiger charge is 2.34. The van der Waals surface area contributed by atoms with Crippen LogP contribution in [0.25, 0.3) is 10.9 Å². The molecule has 9 atom stereocenters. The van der Waals surface area contributed by atoms with Crippen molar-refractivity contribution in [3.05, 3.63) is 36.0 Å². The number of nitrogens with one attached hydrogen (secondary N) is 13. The summed E-state index contributed by atoms with van der Waals surface area (Å²) in [4.78, 5) is 126. The zero-order chi connectivity index (χ0) is 59.9. The van der Waals surface area contributed by atoms with E-state index in [1.165, 1.54) is 6.92 Å². The number of aromatic nitrogens is 1. The summed E-state index contributed by atoms with van der Waals surface area (Å²) >= 11 is 0. The molecule has 1 aromatic carbocycles. The first-order chi connectivity index (χ1) is 37.9. The summed E-state index contributed by atoms with van der Waals surface area (Å²) in [7, 11) is 0. The number of carboxylic acids is 1. The summed E-state index contributed by atoms with van der Waals surface area (Å²) in [5.41, 5.74) is 29.7. The first-order valence-corrected chi connectivity index (χ1v) is 27.4. The molecule has 2 aromatic rings. The minimum atomic E-state index is -1.35. The van der Waals surface area contributed by atoms with Crippen LogP contribution in [0.4, 0.5) is 0 Å². The molecule has 448 valence electrons. The highest BCUT2D eigenvalue weighted by atomic mass is 16.4. The second kappa shape index (κ2) is 36.6. The number of aliphatic carboxylic acids is 1. The molecule has 28 nitrogen and oxygen atoms in total. The van der Waals surface area contributed by atoms with Gasteiger partial charge in [0.2, 0.25) is 47.3 Å². The normalized spacial score (nSPS) is 14.5. The molecule has 2 rings (SSSR count). The van der Waals surface area contributed by atoms with Crippen LogP contribution in [0.15, 0.2) is 30.5 Å². The van der Waals surface area contributed by atoms with Gasteiger partial charge in [-0.3, -0.25) is 49.2 Å². The number of unbranched alkanes of at least 4 members (excludes halogenated alkanes) is 2. The van der Waals surface area contributed by atoms with E-state index in [0.29, 0.717) is 32.1 Å². The van der Waals surface area contributed by atoms with E-state index in [0.717, 1.165) is 16.5 Å². The third-order valence-electron chi connectivity index (χ3n) is 13.1. The van der Waals surface area contributed by atoms with E-state index in [1.807, 2.05) is 31.2 Å². The maximum absolute atomic E-state index is 14.3. The monoisotopic (exact) mass is 1130 g/mol. The number of H-pyrrole nitrogens is 1. The van der Waals surface area contributed by atoms with Gasteiger partial charge in [0.25, 0.3) is 0 Å². The Morgan fingerprint density at radius 3 is 1.51 bits per heavy atom. The average Bonchev–Trinajstić information content (AvgIpc) is 3.82. The predicted octanol–water partition coefficient (Wildman–Crippen LogP) is -2.47. The highest BCUT2D eigenvalue weighted by molar-refractivity contribution is 5.98. The van der Waals surface area contributed by atoms with Crippen LogP contribution in [0, 0.1) is 22.7 Å². The Kier molecular flexibility index (Phi) is 31.3. The molecule has 0 aliphatic carbocycles. The molecule has 80 heavy (non-hydrogen) atoms. The molecule has 24 N–H and O–H groups in total. The molecule has 1 aromatic heterocycles. The Morgan fingerprint density at radius 1 is 0.575 bits per heavy atom. The number of amides is 8. The number of benzene rings is 1. The predicted molar refractivity (Wildman–Crippen MR) is 303 cm³/mol. The molecule has 8 amide bonds. The minimum Gasteiger partial charge on any atom is -0.480 e. The maximum Gasteiger partial charge on any atom is 0.326 e. The summed E-state index contributed by atoms with van der Waals surface area (Å²) in [5.74, 6) is -8.46. The van der Waals surface area contributed by atoms with Crippen molar-refractivity contribution in [1.82, 2.24) is 58.2 Å². The first kappa shape index (κ1) is 68.5. The largest absolute Gasteiger partial charge is 0.480 e. The van der Waals surface area contributed by atoms with Crippen molar-refractivity contribution < 1.29 is 48.3 Å². The molecule has 0 saturated carbocycles. The third kappa shape index (κ3) is 25.5. The number of para-hydroxylation sites is 1. The van der Waals surface area contributed by atoms with Gasteiger partial charge in [0.05, 0.1) is 12.6 Å². The Balaban J connectivity index is 2.34. The van der Waals surface area contributed by atoms with Crippen LogP contribution in [0.5, 0.6) is 0 Å². The van der Waals surface area contributed by atoms with Crippen LogP contribution in [-0.2, 0) is 49.6 Å². The van der Waals surface area contributed by atoms with Gasteiger partial charge < -0.3 is 91.9 Å². The van der Waals surface area contributed by atoms with Crippen molar-refractivity contribution >= 4 is 76.0 Å². The van der Waals surface area contributed by atoms with Gasteiger partial charge in [-0.1, -0.05) is 52.3 Å². The minimum absolute atomic E-state index is 0.0235. The molecule has 0 spiro atoms. The number of hydrogen-bond donors (Lipinski definition) is 19. The number of carbonyl (C=O) groups is 9. The van der Waals surface area contributed by atoms with Crippen molar-refractivity contribution in [2.45, 2.75) is 166 Å². The molecule has 0 fully saturated rings. The summed E-state index contributed by atoms with van der Waals surface area (Å²) in [6.07, 6.45) is 4.46. The number of nitrogens with two attached hydrogens (primary N) is 5. The molecule has 28 heteroatoms. The van der Waals surface area contributed by atoms with Crippen molar-refractivity contribution in [3.63, 3.8) is 0 Å². The Labute approximate surface area is 467 Å². The lowest BCUT2D eigenvalue weighted by Gasteiger charge is -2.28. The van der Waals surface area contributed by atoms with Gasteiger partial charge in [0.15, 0.2) is 11.9 Å². The molecular formula is C52H90N18O10. The van der Waals surface area contributed by atoms with Gasteiger partial charge in [-0.2, -0.15) is 0 Å². The second-order valence-electron chi connectivity index (χ2n) is 20.4. The van der Waals surface area contributed by atoms with Crippen molar-refractivity contribution in [3.8, 4) is 0 Å². The van der Waals surface area contributed by atoms with Crippen molar-refractivity contribution in [1.29, 1.82) is 10.8 Å². The number of carboxylic acid groups (broad SMARTS) is 1. The highest BCUT2D eigenvalue weighted by Crippen LogP contribution is 2.20. The van der Waals surface area contributed by atoms with Gasteiger partial charge in [0.1, 0.15) is 42.3 Å². The quantitative estimate of drug-likeness (QED) is 0.0187. The number of aromatic amines is 1. The smallest absolute Gasteiger partial charge is 0.326 e. The van der Waals surface area contributed by atoms with Crippen LogP contribution < -0.4 is 81.8 Å². The van der Waals surface area contributed by atoms with Gasteiger partial charge in [-0.25, -0.2) is 4.79 Å². The fourth-order valence-electron chi connectivity index (χ4n) is 8.41. The lowest BCUT2D eigenvalue weighted by molar-refractivity contribution is -0.142. The number of hydrogen-bond acceptors (Lipinski definition) is 14. The van der Waals surface area contributed by atoms with Gasteiger partial charge >= 0.3 is 5.97 Å². The van der Waals surface area contributed by atoms with E-state index in [9.17, 15) is 48.3 Å². The van der Waals surface area contributed by atoms with Crippen LogP contribution in [0.3, 0.4) is 0 Å². The second-order valence-corrected chi connectivity index (χ2v) is 20.4. The molecule has 0 unspecified atom stereocenters. The van der Waals surface area contributed by atoms with E-state index in [-0.39, 0.29) is 95.4 Å². The van der Waals surface area contributed by atoms with Gasteiger partial charge in [0, 0.05) is 36.6 Å². The van der Waals surface area contributed by atoms with Crippen LogP contribution in [-0.4, -0.2) is 156 Å². The zero-order valence-electron chi connectivity index (χ0n) is 46.9. The molecule has 0 bridgehead atoms. The third-order valence-corrected chi connectivity index (χ3v) is 13.1. The molecule has 0 aliphatic heterocycles. The van der Waals surface area contributed by atoms with E-state index in [4.69, 9.17) is 39.5 Å². The topological polar surface area (TPSA) is 488 Å². The van der Waals surface area contributed by atoms with Crippen LogP contribution in [0.2, 0.25) is 0 Å². The number of fused-ring (bicyclic) bond motifs is 1. The average molecular weight is 1130 g/mol. The number of carbonyl (C=O) groups excluding carboxylic acids is 8. The number of guanidine groups is 2. The zero-order valence-corrected chi connectivity index (χ0v) is 46.9. The molecule has 1 heterocycles. The lowest BCUT2D eigenvalue weighted by Crippen LogP contribution is -2.59. The molecule has 0 aliphatic rings. The molecule has 0 saturated heterocycles. The SMILES string of the molecule is CC[C@H](C)[C@H](NC(=O)[C@H](Cc1c[nH]c2ccccc12)NC(=O)[C@H](C)N)C(=O)NCC(=O)N[C@@H](CC(C)C)C(=O)N[C@@H](CCCNC(=N)N)C(=O)N[C@@H](CCCCN)C(=O)N[C@@H](CCCCN)C(=O)N[C@@H](CCCNC(=N)N)C(=O)O. The summed E-state index contributed by atoms with van der Waals surface area (Å²) in [6, 6.07) is -2.25. The van der Waals surface area contributed by atoms with E-state index in [2.05, 4.69) is 58.2 Å². The Morgan fingerprint density at radius 2 is 1.04 bits per heavy atom. The fourth-order valence-corrected chi connectivity index (χ4v) is 8.41. The summed E-state index contributed by atoms with van der Waals surface area (Å²) in [5, 5.41) is 52.0. The van der Waals surface area contributed by atoms with Crippen LogP contribution >= 0.6 is 0 Å². The van der Waals surface area contributed by atoms with Crippen LogP contribution in [0.1, 0.15) is 117 Å². The fraction of sp³-hybridized carbons (Fsp3) is 0.635. The Bertz CT molecular complexity index is 2370. The van der Waals surface area contributed by atoms with Crippen molar-refractivity contribution in [2.24, 2.45) is 40.5 Å². The van der Waals surface area contributed by atoms with Crippen molar-refractivity contribution in [2.75, 3.05) is 32.7 Å². The standard InChI is InChI=1S/C52H90N18O10/c1-6-30(4)42(70-48(77)40(69-43(72)31(5)55)26-32-27-62-34-16-8-7-15-33(32)34)49(78)63-28-41(71)64-39(25-29(2)3)47(76)67-37(19-13-23-60-51(56)57)45(74)65-35(17-9-11-21-53)44(73)66-36(18-10-12-22-54)46(75)68-38(50(79)80)20-14-24-61-52(58)59/h7-8,15-16,27,29-31,35-40,42,62H,6,9-14,17-26,28,53-55H2,1-5H3,(H,63,78)(H,64,71)(H,65,74)(H,66,73)(H,67,76)(H,68,75)(H,69,72)(H,70,77)(H,79,80)(H4,56,57,60)(H4,58,59,61)/t30-,31-,35-,36-,37-,38-,39-,40-,42-/m0/s1. The molecular weight excluding hydrogens is 1040 g/mol. The maximum atomic E-state index is 14.3. The summed E-state index contributed by atoms with van der Waals surface area (Å²) < 4.78 is 0. The summed E-state index contributed by atoms with van der Waals surface area (Å²) in [6.45, 7) is 8.85. The lowest BCUT2D eigenvalue weighted by atomic mass is 9.97.